The van der Waals surface area contributed by atoms with Gasteiger partial charge in [-0.25, -0.2) is 4.39 Å². The Labute approximate surface area is 140 Å². The highest BCUT2D eigenvalue weighted by Gasteiger charge is 2.31. The minimum Gasteiger partial charge on any atom is -0.369 e. The number of aromatic amines is 1. The van der Waals surface area contributed by atoms with Crippen molar-refractivity contribution in [2.24, 2.45) is 0 Å². The Morgan fingerprint density at radius 1 is 1.46 bits per heavy atom. The van der Waals surface area contributed by atoms with Gasteiger partial charge in [0.05, 0.1) is 17.9 Å². The second-order valence-corrected chi connectivity index (χ2v) is 6.21. The lowest BCUT2D eigenvalue weighted by molar-refractivity contribution is -0.00702. The predicted molar refractivity (Wildman–Crippen MR) is 88.1 cm³/mol. The molecule has 0 radical (unpaired) electrons. The quantitative estimate of drug-likeness (QED) is 0.936. The molecule has 1 aliphatic rings. The number of carbonyl (C=O) groups excluding carboxylic acids is 1. The SMILES string of the molecule is CCN(Cc1cccc(F)c1)C(=O)c1n[nH]c2c1C[C@H](C)O[C@@H]2C. The van der Waals surface area contributed by atoms with Gasteiger partial charge in [-0.3, -0.25) is 9.89 Å². The first kappa shape index (κ1) is 16.6. The molecule has 0 saturated carbocycles. The fourth-order valence-corrected chi connectivity index (χ4v) is 3.18. The van der Waals surface area contributed by atoms with Crippen LogP contribution in [0.5, 0.6) is 0 Å². The summed E-state index contributed by atoms with van der Waals surface area (Å²) in [5.41, 5.74) is 3.02. The minimum absolute atomic E-state index is 0.0509. The molecule has 5 nitrogen and oxygen atoms in total. The summed E-state index contributed by atoms with van der Waals surface area (Å²) in [6.07, 6.45) is 0.612. The Hall–Kier alpha value is -2.21. The molecule has 0 spiro atoms. The predicted octanol–water partition coefficient (Wildman–Crippen LogP) is 3.23. The maximum Gasteiger partial charge on any atom is 0.274 e. The Balaban J connectivity index is 1.85. The molecule has 1 amide bonds. The molecule has 0 bridgehead atoms. The summed E-state index contributed by atoms with van der Waals surface area (Å²) in [5.74, 6) is -0.437. The molecule has 0 fully saturated rings. The molecule has 0 saturated heterocycles. The first-order chi connectivity index (χ1) is 11.5. The molecule has 128 valence electrons. The molecule has 1 aliphatic heterocycles. The normalized spacial score (nSPS) is 19.8. The van der Waals surface area contributed by atoms with E-state index in [-0.39, 0.29) is 23.9 Å². The van der Waals surface area contributed by atoms with Crippen LogP contribution in [-0.4, -0.2) is 33.7 Å². The average molecular weight is 331 g/mol. The summed E-state index contributed by atoms with van der Waals surface area (Å²) in [6, 6.07) is 6.32. The van der Waals surface area contributed by atoms with Crippen molar-refractivity contribution in [1.29, 1.82) is 0 Å². The van der Waals surface area contributed by atoms with Crippen molar-refractivity contribution in [2.45, 2.75) is 45.9 Å². The maximum absolute atomic E-state index is 13.4. The van der Waals surface area contributed by atoms with Gasteiger partial charge in [0.15, 0.2) is 5.69 Å². The average Bonchev–Trinajstić information content (AvgIpc) is 2.96. The van der Waals surface area contributed by atoms with E-state index < -0.39 is 0 Å². The van der Waals surface area contributed by atoms with E-state index in [2.05, 4.69) is 10.2 Å². The third kappa shape index (κ3) is 3.19. The van der Waals surface area contributed by atoms with Crippen LogP contribution in [0.15, 0.2) is 24.3 Å². The van der Waals surface area contributed by atoms with Gasteiger partial charge < -0.3 is 9.64 Å². The van der Waals surface area contributed by atoms with Crippen LogP contribution in [0.2, 0.25) is 0 Å². The number of hydrogen-bond donors (Lipinski definition) is 1. The van der Waals surface area contributed by atoms with E-state index in [4.69, 9.17) is 4.74 Å². The van der Waals surface area contributed by atoms with Crippen molar-refractivity contribution in [3.05, 3.63) is 52.6 Å². The molecule has 2 aromatic rings. The van der Waals surface area contributed by atoms with Gasteiger partial charge in [-0.2, -0.15) is 5.10 Å². The molecule has 2 heterocycles. The maximum atomic E-state index is 13.4. The van der Waals surface area contributed by atoms with Crippen molar-refractivity contribution in [3.8, 4) is 0 Å². The highest BCUT2D eigenvalue weighted by atomic mass is 19.1. The lowest BCUT2D eigenvalue weighted by Crippen LogP contribution is -2.32. The van der Waals surface area contributed by atoms with Crippen LogP contribution in [-0.2, 0) is 17.7 Å². The van der Waals surface area contributed by atoms with E-state index in [0.29, 0.717) is 25.2 Å². The van der Waals surface area contributed by atoms with E-state index in [1.54, 1.807) is 11.0 Å². The fraction of sp³-hybridized carbons (Fsp3) is 0.444. The van der Waals surface area contributed by atoms with Crippen molar-refractivity contribution in [3.63, 3.8) is 0 Å². The third-order valence-electron chi connectivity index (χ3n) is 4.37. The molecule has 2 atom stereocenters. The standard InChI is InChI=1S/C18H22FN3O2/c1-4-22(10-13-6-5-7-14(19)9-13)18(23)17-15-8-11(2)24-12(3)16(15)20-21-17/h5-7,9,11-12H,4,8,10H2,1-3H3,(H,20,21)/t11-,12+/m0/s1. The molecular weight excluding hydrogens is 309 g/mol. The zero-order chi connectivity index (χ0) is 17.3. The molecule has 24 heavy (non-hydrogen) atoms. The van der Waals surface area contributed by atoms with Crippen LogP contribution < -0.4 is 0 Å². The lowest BCUT2D eigenvalue weighted by Gasteiger charge is -2.26. The number of aromatic nitrogens is 2. The van der Waals surface area contributed by atoms with Crippen molar-refractivity contribution < 1.29 is 13.9 Å². The lowest BCUT2D eigenvalue weighted by atomic mass is 9.99. The Kier molecular flexibility index (Phi) is 4.66. The molecule has 1 N–H and O–H groups in total. The van der Waals surface area contributed by atoms with E-state index in [1.807, 2.05) is 26.8 Å². The van der Waals surface area contributed by atoms with E-state index in [1.165, 1.54) is 12.1 Å². The summed E-state index contributed by atoms with van der Waals surface area (Å²) in [7, 11) is 0. The molecular formula is C18H22FN3O2. The van der Waals surface area contributed by atoms with Crippen molar-refractivity contribution in [2.75, 3.05) is 6.54 Å². The first-order valence-corrected chi connectivity index (χ1v) is 8.25. The minimum atomic E-state index is -0.298. The van der Waals surface area contributed by atoms with Gasteiger partial charge in [-0.05, 0) is 38.5 Å². The van der Waals surface area contributed by atoms with Crippen LogP contribution in [0.25, 0.3) is 0 Å². The first-order valence-electron chi connectivity index (χ1n) is 8.25. The summed E-state index contributed by atoms with van der Waals surface area (Å²) in [5, 5.41) is 7.19. The number of carbonyl (C=O) groups is 1. The highest BCUT2D eigenvalue weighted by molar-refractivity contribution is 5.94. The van der Waals surface area contributed by atoms with Crippen LogP contribution in [0, 0.1) is 5.82 Å². The van der Waals surface area contributed by atoms with Gasteiger partial charge in [-0.1, -0.05) is 12.1 Å². The second-order valence-electron chi connectivity index (χ2n) is 6.21. The Morgan fingerprint density at radius 3 is 2.96 bits per heavy atom. The van der Waals surface area contributed by atoms with Crippen LogP contribution in [0.4, 0.5) is 4.39 Å². The van der Waals surface area contributed by atoms with Crippen LogP contribution in [0.3, 0.4) is 0 Å². The third-order valence-corrected chi connectivity index (χ3v) is 4.37. The van der Waals surface area contributed by atoms with Crippen molar-refractivity contribution in [1.82, 2.24) is 15.1 Å². The van der Waals surface area contributed by atoms with Gasteiger partial charge in [0.1, 0.15) is 5.82 Å². The van der Waals surface area contributed by atoms with Gasteiger partial charge in [0.25, 0.3) is 5.91 Å². The van der Waals surface area contributed by atoms with Gasteiger partial charge >= 0.3 is 0 Å². The largest absolute Gasteiger partial charge is 0.369 e. The monoisotopic (exact) mass is 331 g/mol. The van der Waals surface area contributed by atoms with E-state index >= 15 is 0 Å². The molecule has 0 aliphatic carbocycles. The topological polar surface area (TPSA) is 58.2 Å². The number of nitrogens with one attached hydrogen (secondary N) is 1. The second kappa shape index (κ2) is 6.73. The number of ether oxygens (including phenoxy) is 1. The number of rotatable bonds is 4. The number of nitrogens with zero attached hydrogens (tertiary/aromatic N) is 2. The summed E-state index contributed by atoms with van der Waals surface area (Å²) in [6.45, 7) is 6.73. The Bertz CT molecular complexity index is 744. The van der Waals surface area contributed by atoms with Crippen LogP contribution >= 0.6 is 0 Å². The molecule has 6 heteroatoms. The number of benzene rings is 1. The molecule has 3 rings (SSSR count). The number of fused-ring (bicyclic) bond motifs is 1. The zero-order valence-electron chi connectivity index (χ0n) is 14.2. The summed E-state index contributed by atoms with van der Waals surface area (Å²) in [4.78, 5) is 14.6. The van der Waals surface area contributed by atoms with Crippen molar-refractivity contribution >= 4 is 5.91 Å². The number of hydrogen-bond acceptors (Lipinski definition) is 3. The number of H-pyrrole nitrogens is 1. The Morgan fingerprint density at radius 2 is 2.25 bits per heavy atom. The van der Waals surface area contributed by atoms with E-state index in [0.717, 1.165) is 16.8 Å². The molecule has 1 aromatic heterocycles. The van der Waals surface area contributed by atoms with Gasteiger partial charge in [0.2, 0.25) is 0 Å². The summed E-state index contributed by atoms with van der Waals surface area (Å²) < 4.78 is 19.1. The zero-order valence-corrected chi connectivity index (χ0v) is 14.2. The summed E-state index contributed by atoms with van der Waals surface area (Å²) >= 11 is 0. The van der Waals surface area contributed by atoms with E-state index in [9.17, 15) is 9.18 Å². The number of halogens is 1. The highest BCUT2D eigenvalue weighted by Crippen LogP contribution is 2.30. The van der Waals surface area contributed by atoms with Gasteiger partial charge in [-0.15, -0.1) is 0 Å². The number of amides is 1. The fourth-order valence-electron chi connectivity index (χ4n) is 3.18. The molecule has 0 unspecified atom stereocenters. The smallest absolute Gasteiger partial charge is 0.274 e. The van der Waals surface area contributed by atoms with Gasteiger partial charge in [0, 0.05) is 25.1 Å². The molecule has 1 aromatic carbocycles. The van der Waals surface area contributed by atoms with Crippen LogP contribution in [0.1, 0.15) is 54.2 Å².